The van der Waals surface area contributed by atoms with Gasteiger partial charge in [0.1, 0.15) is 0 Å². The van der Waals surface area contributed by atoms with Crippen molar-refractivity contribution in [1.82, 2.24) is 20.3 Å². The van der Waals surface area contributed by atoms with Crippen molar-refractivity contribution in [1.29, 1.82) is 0 Å². The summed E-state index contributed by atoms with van der Waals surface area (Å²) in [6.45, 7) is 5.92. The molecule has 0 spiro atoms. The molecule has 0 aliphatic heterocycles. The van der Waals surface area contributed by atoms with Crippen molar-refractivity contribution in [3.63, 3.8) is 0 Å². The van der Waals surface area contributed by atoms with Gasteiger partial charge in [0, 0.05) is 30.2 Å². The minimum Gasteiger partial charge on any atom is -0.350 e. The molecule has 0 fully saturated rings. The lowest BCUT2D eigenvalue weighted by atomic mass is 10.1. The molecule has 0 aromatic carbocycles. The van der Waals surface area contributed by atoms with Gasteiger partial charge in [0.15, 0.2) is 5.16 Å². The van der Waals surface area contributed by atoms with Crippen molar-refractivity contribution in [2.45, 2.75) is 44.8 Å². The molecule has 122 valence electrons. The number of rotatable bonds is 6. The van der Waals surface area contributed by atoms with E-state index in [2.05, 4.69) is 20.3 Å². The highest BCUT2D eigenvalue weighted by molar-refractivity contribution is 7.98. The number of hydrogen-bond donors (Lipinski definition) is 1. The van der Waals surface area contributed by atoms with E-state index in [1.807, 2.05) is 39.2 Å². The summed E-state index contributed by atoms with van der Waals surface area (Å²) >= 11 is 1.53. The Balaban J connectivity index is 1.95. The number of aryl methyl sites for hydroxylation is 2. The molecule has 5 nitrogen and oxygen atoms in total. The van der Waals surface area contributed by atoms with Crippen molar-refractivity contribution < 1.29 is 4.79 Å². The predicted molar refractivity (Wildman–Crippen MR) is 92.4 cm³/mol. The van der Waals surface area contributed by atoms with Crippen LogP contribution in [0.5, 0.6) is 0 Å². The summed E-state index contributed by atoms with van der Waals surface area (Å²) < 4.78 is 0. The topological polar surface area (TPSA) is 67.8 Å². The Kier molecular flexibility index (Phi) is 6.10. The fourth-order valence-corrected chi connectivity index (χ4v) is 2.91. The van der Waals surface area contributed by atoms with Gasteiger partial charge in [-0.15, -0.1) is 0 Å². The van der Waals surface area contributed by atoms with Gasteiger partial charge in [0.25, 0.3) is 0 Å². The first-order valence-corrected chi connectivity index (χ1v) is 8.81. The predicted octanol–water partition coefficient (Wildman–Crippen LogP) is 3.02. The van der Waals surface area contributed by atoms with Gasteiger partial charge < -0.3 is 5.32 Å². The summed E-state index contributed by atoms with van der Waals surface area (Å²) in [4.78, 5) is 25.1. The molecule has 0 saturated carbocycles. The lowest BCUT2D eigenvalue weighted by Crippen LogP contribution is -2.27. The van der Waals surface area contributed by atoms with Crippen LogP contribution in [0.2, 0.25) is 0 Å². The standard InChI is InChI=1S/C17H22N4OS/c1-11(14-7-9-18-10-8-14)19-16(22)6-5-15-12(2)20-17(23-4)21-13(15)3/h7-11H,5-6H2,1-4H3,(H,19,22). The van der Waals surface area contributed by atoms with Crippen molar-refractivity contribution in [2.24, 2.45) is 0 Å². The number of amides is 1. The van der Waals surface area contributed by atoms with Gasteiger partial charge in [0.05, 0.1) is 6.04 Å². The molecular formula is C17H22N4OS. The van der Waals surface area contributed by atoms with Gasteiger partial charge in [0.2, 0.25) is 5.91 Å². The third-order valence-electron chi connectivity index (χ3n) is 3.77. The second-order valence-electron chi connectivity index (χ2n) is 5.43. The molecule has 0 saturated heterocycles. The quantitative estimate of drug-likeness (QED) is 0.651. The maximum atomic E-state index is 12.2. The summed E-state index contributed by atoms with van der Waals surface area (Å²) in [5.41, 5.74) is 4.02. The fourth-order valence-electron chi connectivity index (χ4n) is 2.45. The van der Waals surface area contributed by atoms with E-state index in [-0.39, 0.29) is 11.9 Å². The second-order valence-corrected chi connectivity index (χ2v) is 6.20. The van der Waals surface area contributed by atoms with Gasteiger partial charge in [-0.2, -0.15) is 0 Å². The van der Waals surface area contributed by atoms with Crippen LogP contribution in [0.15, 0.2) is 29.7 Å². The number of thioether (sulfide) groups is 1. The van der Waals surface area contributed by atoms with Crippen LogP contribution >= 0.6 is 11.8 Å². The highest BCUT2D eigenvalue weighted by Gasteiger charge is 2.13. The number of nitrogens with zero attached hydrogens (tertiary/aromatic N) is 3. The molecule has 1 atom stereocenters. The van der Waals surface area contributed by atoms with Crippen LogP contribution in [0.1, 0.15) is 41.9 Å². The van der Waals surface area contributed by atoms with Crippen LogP contribution in [0.3, 0.4) is 0 Å². The minimum atomic E-state index is -0.0252. The molecular weight excluding hydrogens is 308 g/mol. The number of pyridine rings is 1. The lowest BCUT2D eigenvalue weighted by Gasteiger charge is -2.15. The highest BCUT2D eigenvalue weighted by Crippen LogP contribution is 2.17. The normalized spacial score (nSPS) is 12.0. The molecule has 0 radical (unpaired) electrons. The minimum absolute atomic E-state index is 0.0252. The van der Waals surface area contributed by atoms with Crippen molar-refractivity contribution in [2.75, 3.05) is 6.26 Å². The number of carbonyl (C=O) groups excluding carboxylic acids is 1. The highest BCUT2D eigenvalue weighted by atomic mass is 32.2. The summed E-state index contributed by atoms with van der Waals surface area (Å²) in [5.74, 6) is 0.0297. The first kappa shape index (κ1) is 17.4. The Morgan fingerprint density at radius 1 is 1.22 bits per heavy atom. The van der Waals surface area contributed by atoms with Crippen LogP contribution in [-0.2, 0) is 11.2 Å². The lowest BCUT2D eigenvalue weighted by molar-refractivity contribution is -0.121. The summed E-state index contributed by atoms with van der Waals surface area (Å²) in [6.07, 6.45) is 6.51. The third-order valence-corrected chi connectivity index (χ3v) is 4.32. The number of nitrogens with one attached hydrogen (secondary N) is 1. The SMILES string of the molecule is CSc1nc(C)c(CCC(=O)NC(C)c2ccncc2)c(C)n1. The molecule has 0 aliphatic carbocycles. The van der Waals surface area contributed by atoms with Crippen molar-refractivity contribution in [3.05, 3.63) is 47.0 Å². The van der Waals surface area contributed by atoms with E-state index in [4.69, 9.17) is 0 Å². The Morgan fingerprint density at radius 2 is 1.83 bits per heavy atom. The molecule has 2 aromatic heterocycles. The Hall–Kier alpha value is -1.95. The smallest absolute Gasteiger partial charge is 0.220 e. The summed E-state index contributed by atoms with van der Waals surface area (Å²) in [6, 6.07) is 3.80. The summed E-state index contributed by atoms with van der Waals surface area (Å²) in [5, 5.41) is 3.79. The van der Waals surface area contributed by atoms with Gasteiger partial charge in [-0.25, -0.2) is 9.97 Å². The molecule has 0 bridgehead atoms. The molecule has 1 unspecified atom stereocenters. The van der Waals surface area contributed by atoms with E-state index in [1.165, 1.54) is 11.8 Å². The number of hydrogen-bond acceptors (Lipinski definition) is 5. The van der Waals surface area contributed by atoms with E-state index < -0.39 is 0 Å². The maximum Gasteiger partial charge on any atom is 0.220 e. The zero-order chi connectivity index (χ0) is 16.8. The van der Waals surface area contributed by atoms with Gasteiger partial charge in [-0.1, -0.05) is 11.8 Å². The molecule has 0 aliphatic rings. The molecule has 2 heterocycles. The van der Waals surface area contributed by atoms with Crippen LogP contribution in [0, 0.1) is 13.8 Å². The first-order valence-electron chi connectivity index (χ1n) is 7.58. The molecule has 1 N–H and O–H groups in total. The van der Waals surface area contributed by atoms with Crippen LogP contribution in [0.4, 0.5) is 0 Å². The van der Waals surface area contributed by atoms with Crippen LogP contribution < -0.4 is 5.32 Å². The van der Waals surface area contributed by atoms with Gasteiger partial charge >= 0.3 is 0 Å². The monoisotopic (exact) mass is 330 g/mol. The molecule has 2 rings (SSSR count). The van der Waals surface area contributed by atoms with Crippen LogP contribution in [-0.4, -0.2) is 27.1 Å². The van der Waals surface area contributed by atoms with Crippen molar-refractivity contribution in [3.8, 4) is 0 Å². The first-order chi connectivity index (χ1) is 11.0. The van der Waals surface area contributed by atoms with Crippen molar-refractivity contribution >= 4 is 17.7 Å². The summed E-state index contributed by atoms with van der Waals surface area (Å²) in [7, 11) is 0. The molecule has 2 aromatic rings. The second kappa shape index (κ2) is 8.06. The van der Waals surface area contributed by atoms with E-state index >= 15 is 0 Å². The zero-order valence-corrected chi connectivity index (χ0v) is 14.8. The van der Waals surface area contributed by atoms with Gasteiger partial charge in [-0.3, -0.25) is 9.78 Å². The molecule has 1 amide bonds. The number of aromatic nitrogens is 3. The molecule has 23 heavy (non-hydrogen) atoms. The van der Waals surface area contributed by atoms with Gasteiger partial charge in [-0.05, 0) is 56.7 Å². The largest absolute Gasteiger partial charge is 0.350 e. The van der Waals surface area contributed by atoms with E-state index in [0.717, 1.165) is 27.7 Å². The van der Waals surface area contributed by atoms with Crippen LogP contribution in [0.25, 0.3) is 0 Å². The Labute approximate surface area is 141 Å². The van der Waals surface area contributed by atoms with E-state index in [9.17, 15) is 4.79 Å². The molecule has 6 heteroatoms. The Morgan fingerprint density at radius 3 is 2.39 bits per heavy atom. The average molecular weight is 330 g/mol. The van der Waals surface area contributed by atoms with E-state index in [1.54, 1.807) is 12.4 Å². The average Bonchev–Trinajstić information content (AvgIpc) is 2.54. The maximum absolute atomic E-state index is 12.2. The van der Waals surface area contributed by atoms with E-state index in [0.29, 0.717) is 12.8 Å². The fraction of sp³-hybridized carbons (Fsp3) is 0.412. The third kappa shape index (κ3) is 4.76. The zero-order valence-electron chi connectivity index (χ0n) is 14.0. The number of carbonyl (C=O) groups is 1. The Bertz CT molecular complexity index is 653.